The van der Waals surface area contributed by atoms with Crippen LogP contribution in [0.25, 0.3) is 0 Å². The highest BCUT2D eigenvalue weighted by atomic mass is 16.5. The smallest absolute Gasteiger partial charge is 0.124 e. The molecule has 0 aromatic heterocycles. The predicted octanol–water partition coefficient (Wildman–Crippen LogP) is 3.93. The summed E-state index contributed by atoms with van der Waals surface area (Å²) >= 11 is 0. The van der Waals surface area contributed by atoms with Crippen LogP contribution in [0.3, 0.4) is 0 Å². The van der Waals surface area contributed by atoms with Gasteiger partial charge in [0.15, 0.2) is 0 Å². The van der Waals surface area contributed by atoms with Gasteiger partial charge in [-0.05, 0) is 31.2 Å². The molecule has 0 aliphatic rings. The van der Waals surface area contributed by atoms with Gasteiger partial charge >= 0.3 is 0 Å². The van der Waals surface area contributed by atoms with Gasteiger partial charge in [-0.25, -0.2) is 0 Å². The van der Waals surface area contributed by atoms with E-state index in [1.807, 2.05) is 32.3 Å². The van der Waals surface area contributed by atoms with E-state index in [-0.39, 0.29) is 6.04 Å². The molecular weight excluding hydrogens is 248 g/mol. The minimum Gasteiger partial charge on any atom is -0.496 e. The molecule has 3 nitrogen and oxygen atoms in total. The Kier molecular flexibility index (Phi) is 4.51. The Morgan fingerprint density at radius 2 is 1.80 bits per heavy atom. The van der Waals surface area contributed by atoms with Gasteiger partial charge in [-0.1, -0.05) is 24.3 Å². The maximum absolute atomic E-state index is 5.42. The van der Waals surface area contributed by atoms with Crippen molar-refractivity contribution in [1.82, 2.24) is 0 Å². The fourth-order valence-corrected chi connectivity index (χ4v) is 2.23. The average Bonchev–Trinajstić information content (AvgIpc) is 2.47. The number of nitrogens with zero attached hydrogens (tertiary/aromatic N) is 1. The summed E-state index contributed by atoms with van der Waals surface area (Å²) in [7, 11) is 5.80. The Balaban J connectivity index is 2.19. The monoisotopic (exact) mass is 270 g/mol. The molecule has 106 valence electrons. The van der Waals surface area contributed by atoms with E-state index >= 15 is 0 Å². The minimum absolute atomic E-state index is 0.184. The van der Waals surface area contributed by atoms with Crippen LogP contribution in [0.15, 0.2) is 48.5 Å². The van der Waals surface area contributed by atoms with Gasteiger partial charge in [-0.2, -0.15) is 0 Å². The van der Waals surface area contributed by atoms with E-state index in [1.165, 1.54) is 5.69 Å². The molecule has 2 aromatic rings. The first-order valence-corrected chi connectivity index (χ1v) is 6.78. The van der Waals surface area contributed by atoms with E-state index in [0.29, 0.717) is 0 Å². The van der Waals surface area contributed by atoms with Crippen molar-refractivity contribution in [3.8, 4) is 5.75 Å². The molecule has 0 spiro atoms. The highest BCUT2D eigenvalue weighted by Gasteiger charge is 2.10. The second-order valence-electron chi connectivity index (χ2n) is 5.05. The van der Waals surface area contributed by atoms with Crippen LogP contribution in [0.4, 0.5) is 11.4 Å². The highest BCUT2D eigenvalue weighted by Crippen LogP contribution is 2.28. The molecule has 0 heterocycles. The normalized spacial score (nSPS) is 11.8. The Bertz CT molecular complexity index is 566. The van der Waals surface area contributed by atoms with Gasteiger partial charge in [0, 0.05) is 31.0 Å². The Morgan fingerprint density at radius 3 is 2.50 bits per heavy atom. The molecule has 0 fully saturated rings. The molecule has 2 aromatic carbocycles. The lowest BCUT2D eigenvalue weighted by Crippen LogP contribution is -2.11. The van der Waals surface area contributed by atoms with Crippen molar-refractivity contribution >= 4 is 11.4 Å². The topological polar surface area (TPSA) is 24.5 Å². The van der Waals surface area contributed by atoms with E-state index in [2.05, 4.69) is 47.5 Å². The number of benzene rings is 2. The molecule has 1 unspecified atom stereocenters. The first-order chi connectivity index (χ1) is 9.61. The summed E-state index contributed by atoms with van der Waals surface area (Å²) in [5, 5.41) is 3.52. The fourth-order valence-electron chi connectivity index (χ4n) is 2.23. The molecule has 0 amide bonds. The molecule has 20 heavy (non-hydrogen) atoms. The quantitative estimate of drug-likeness (QED) is 0.890. The number of rotatable bonds is 5. The second kappa shape index (κ2) is 6.33. The molecule has 1 N–H and O–H groups in total. The molecule has 0 bridgehead atoms. The fraction of sp³-hybridized carbons (Fsp3) is 0.294. The van der Waals surface area contributed by atoms with Gasteiger partial charge < -0.3 is 15.0 Å². The third kappa shape index (κ3) is 3.23. The van der Waals surface area contributed by atoms with E-state index in [0.717, 1.165) is 17.0 Å². The summed E-state index contributed by atoms with van der Waals surface area (Å²) < 4.78 is 5.42. The number of hydrogen-bond acceptors (Lipinski definition) is 3. The number of nitrogens with one attached hydrogen (secondary N) is 1. The predicted molar refractivity (Wildman–Crippen MR) is 85.8 cm³/mol. The molecular formula is C17H22N2O. The lowest BCUT2D eigenvalue weighted by molar-refractivity contribution is 0.408. The molecule has 1 atom stereocenters. The van der Waals surface area contributed by atoms with Crippen LogP contribution >= 0.6 is 0 Å². The molecule has 0 radical (unpaired) electrons. The molecule has 0 saturated carbocycles. The van der Waals surface area contributed by atoms with Gasteiger partial charge in [0.1, 0.15) is 5.75 Å². The van der Waals surface area contributed by atoms with Crippen LogP contribution < -0.4 is 15.0 Å². The molecule has 3 heteroatoms. The van der Waals surface area contributed by atoms with Crippen molar-refractivity contribution in [2.24, 2.45) is 0 Å². The second-order valence-corrected chi connectivity index (χ2v) is 5.05. The van der Waals surface area contributed by atoms with Crippen LogP contribution in [0.2, 0.25) is 0 Å². The SMILES string of the molecule is COc1ccccc1C(C)Nc1cccc(N(C)C)c1. The number of hydrogen-bond donors (Lipinski definition) is 1. The third-order valence-electron chi connectivity index (χ3n) is 3.35. The first-order valence-electron chi connectivity index (χ1n) is 6.78. The van der Waals surface area contributed by atoms with Gasteiger partial charge in [0.25, 0.3) is 0 Å². The van der Waals surface area contributed by atoms with Gasteiger partial charge in [0.05, 0.1) is 13.2 Å². The van der Waals surface area contributed by atoms with Crippen LogP contribution in [0, 0.1) is 0 Å². The number of para-hydroxylation sites is 1. The van der Waals surface area contributed by atoms with E-state index in [9.17, 15) is 0 Å². The number of ether oxygens (including phenoxy) is 1. The van der Waals surface area contributed by atoms with E-state index in [4.69, 9.17) is 4.74 Å². The average molecular weight is 270 g/mol. The summed E-state index contributed by atoms with van der Waals surface area (Å²) in [4.78, 5) is 2.10. The van der Waals surface area contributed by atoms with E-state index < -0.39 is 0 Å². The zero-order chi connectivity index (χ0) is 14.5. The Labute approximate surface area is 121 Å². The van der Waals surface area contributed by atoms with Crippen LogP contribution in [0.1, 0.15) is 18.5 Å². The van der Waals surface area contributed by atoms with Crippen molar-refractivity contribution in [3.63, 3.8) is 0 Å². The molecule has 2 rings (SSSR count). The first kappa shape index (κ1) is 14.3. The summed E-state index contributed by atoms with van der Waals surface area (Å²) in [6.45, 7) is 2.14. The lowest BCUT2D eigenvalue weighted by atomic mass is 10.1. The van der Waals surface area contributed by atoms with Crippen molar-refractivity contribution < 1.29 is 4.74 Å². The summed E-state index contributed by atoms with van der Waals surface area (Å²) in [6.07, 6.45) is 0. The summed E-state index contributed by atoms with van der Waals surface area (Å²) in [6, 6.07) is 16.7. The van der Waals surface area contributed by atoms with Crippen LogP contribution in [-0.4, -0.2) is 21.2 Å². The summed E-state index contributed by atoms with van der Waals surface area (Å²) in [5.41, 5.74) is 3.45. The van der Waals surface area contributed by atoms with Crippen LogP contribution in [-0.2, 0) is 0 Å². The third-order valence-corrected chi connectivity index (χ3v) is 3.35. The van der Waals surface area contributed by atoms with Crippen molar-refractivity contribution in [1.29, 1.82) is 0 Å². The zero-order valence-corrected chi connectivity index (χ0v) is 12.6. The van der Waals surface area contributed by atoms with Gasteiger partial charge in [-0.3, -0.25) is 0 Å². The van der Waals surface area contributed by atoms with E-state index in [1.54, 1.807) is 7.11 Å². The number of anilines is 2. The molecule has 0 aliphatic carbocycles. The highest BCUT2D eigenvalue weighted by molar-refractivity contribution is 5.58. The van der Waals surface area contributed by atoms with Gasteiger partial charge in [-0.15, -0.1) is 0 Å². The van der Waals surface area contributed by atoms with Crippen molar-refractivity contribution in [2.75, 3.05) is 31.4 Å². The largest absolute Gasteiger partial charge is 0.496 e. The van der Waals surface area contributed by atoms with Crippen molar-refractivity contribution in [2.45, 2.75) is 13.0 Å². The Morgan fingerprint density at radius 1 is 1.05 bits per heavy atom. The summed E-state index contributed by atoms with van der Waals surface area (Å²) in [5.74, 6) is 0.913. The minimum atomic E-state index is 0.184. The number of methoxy groups -OCH3 is 1. The zero-order valence-electron chi connectivity index (χ0n) is 12.6. The maximum Gasteiger partial charge on any atom is 0.124 e. The lowest BCUT2D eigenvalue weighted by Gasteiger charge is -2.20. The Hall–Kier alpha value is -2.16. The molecule has 0 aliphatic heterocycles. The van der Waals surface area contributed by atoms with Crippen LogP contribution in [0.5, 0.6) is 5.75 Å². The maximum atomic E-state index is 5.42. The molecule has 0 saturated heterocycles. The standard InChI is InChI=1S/C17H22N2O/c1-13(16-10-5-6-11-17(16)20-4)18-14-8-7-9-15(12-14)19(2)3/h5-13,18H,1-4H3. The van der Waals surface area contributed by atoms with Crippen molar-refractivity contribution in [3.05, 3.63) is 54.1 Å². The van der Waals surface area contributed by atoms with Gasteiger partial charge in [0.2, 0.25) is 0 Å².